The third kappa shape index (κ3) is 3.95. The molecular weight excluding hydrogens is 505 g/mol. The lowest BCUT2D eigenvalue weighted by molar-refractivity contribution is 0.572. The molecular formula is C24H17Cl2N7OS. The third-order valence-corrected chi connectivity index (χ3v) is 6.90. The maximum absolute atomic E-state index is 13.4. The van der Waals surface area contributed by atoms with E-state index in [0.29, 0.717) is 28.1 Å². The highest BCUT2D eigenvalue weighted by atomic mass is 35.5. The van der Waals surface area contributed by atoms with Gasteiger partial charge in [-0.1, -0.05) is 35.3 Å². The first-order valence-electron chi connectivity index (χ1n) is 10.8. The molecule has 174 valence electrons. The van der Waals surface area contributed by atoms with E-state index >= 15 is 0 Å². The number of halogens is 2. The van der Waals surface area contributed by atoms with Crippen molar-refractivity contribution in [2.75, 3.05) is 0 Å². The van der Waals surface area contributed by atoms with Gasteiger partial charge in [-0.15, -0.1) is 17.7 Å². The van der Waals surface area contributed by atoms with Crippen molar-refractivity contribution in [1.82, 2.24) is 34.7 Å². The predicted octanol–water partition coefficient (Wildman–Crippen LogP) is 5.01. The maximum atomic E-state index is 13.4. The summed E-state index contributed by atoms with van der Waals surface area (Å²) in [7, 11) is 0. The van der Waals surface area contributed by atoms with Gasteiger partial charge in [0.05, 0.1) is 11.7 Å². The fourth-order valence-corrected chi connectivity index (χ4v) is 5.24. The first kappa shape index (κ1) is 22.1. The minimum absolute atomic E-state index is 0.130. The molecule has 4 heterocycles. The molecule has 35 heavy (non-hydrogen) atoms. The largest absolute Gasteiger partial charge is 0.331 e. The number of aromatic amines is 1. The second-order valence-corrected chi connectivity index (χ2v) is 9.58. The predicted molar refractivity (Wildman–Crippen MR) is 137 cm³/mol. The van der Waals surface area contributed by atoms with Crippen molar-refractivity contribution in [2.24, 2.45) is 0 Å². The van der Waals surface area contributed by atoms with Gasteiger partial charge in [-0.05, 0) is 65.2 Å². The number of rotatable bonds is 4. The van der Waals surface area contributed by atoms with E-state index in [4.69, 9.17) is 28.2 Å². The van der Waals surface area contributed by atoms with E-state index in [1.165, 1.54) is 6.33 Å². The molecule has 0 saturated heterocycles. The summed E-state index contributed by atoms with van der Waals surface area (Å²) in [5.41, 5.74) is 4.53. The van der Waals surface area contributed by atoms with Crippen LogP contribution in [0.15, 0.2) is 70.6 Å². The van der Waals surface area contributed by atoms with Crippen LogP contribution in [0.5, 0.6) is 0 Å². The average molecular weight is 522 g/mol. The zero-order chi connectivity index (χ0) is 24.1. The Morgan fingerprint density at radius 3 is 2.74 bits per heavy atom. The summed E-state index contributed by atoms with van der Waals surface area (Å²) in [6, 6.07) is 16.4. The van der Waals surface area contributed by atoms with Crippen LogP contribution in [0, 0.1) is 0 Å². The minimum Gasteiger partial charge on any atom is -0.331 e. The Bertz CT molecular complexity index is 1630. The van der Waals surface area contributed by atoms with Crippen LogP contribution < -0.4 is 5.56 Å². The van der Waals surface area contributed by atoms with Crippen molar-refractivity contribution < 1.29 is 0 Å². The molecule has 0 amide bonds. The Balaban J connectivity index is 1.41. The smallest absolute Gasteiger partial charge is 0.252 e. The second kappa shape index (κ2) is 8.67. The number of nitrogens with zero attached hydrogens (tertiary/aromatic N) is 6. The van der Waals surface area contributed by atoms with Crippen molar-refractivity contribution in [2.45, 2.75) is 23.8 Å². The lowest BCUT2D eigenvalue weighted by Gasteiger charge is -2.15. The highest BCUT2D eigenvalue weighted by Crippen LogP contribution is 2.36. The van der Waals surface area contributed by atoms with Gasteiger partial charge in [-0.25, -0.2) is 4.98 Å². The Hall–Kier alpha value is -3.40. The lowest BCUT2D eigenvalue weighted by atomic mass is 10.0. The molecule has 1 aliphatic rings. The number of fused-ring (bicyclic) bond motifs is 1. The summed E-state index contributed by atoms with van der Waals surface area (Å²) in [6.45, 7) is 0. The SMILES string of the molecule is O=c1cc(-c2cc(Cl)ccc2-n2cnnn2)cc2n1[C@H](c1nc(-c3cccc(S)c3)c(Cl)[nH]1)CC2. The number of aromatic nitrogens is 7. The van der Waals surface area contributed by atoms with E-state index < -0.39 is 0 Å². The Morgan fingerprint density at radius 1 is 1.06 bits per heavy atom. The molecule has 0 unspecified atom stereocenters. The topological polar surface area (TPSA) is 94.3 Å². The molecule has 0 radical (unpaired) electrons. The van der Waals surface area contributed by atoms with Crippen LogP contribution in [-0.2, 0) is 6.42 Å². The molecule has 0 bridgehead atoms. The molecule has 1 atom stereocenters. The summed E-state index contributed by atoms with van der Waals surface area (Å²) in [5.74, 6) is 0.653. The normalized spacial score (nSPS) is 14.9. The first-order chi connectivity index (χ1) is 17.0. The van der Waals surface area contributed by atoms with E-state index in [-0.39, 0.29) is 11.6 Å². The Kier molecular flexibility index (Phi) is 5.47. The van der Waals surface area contributed by atoms with Gasteiger partial charge in [0.15, 0.2) is 0 Å². The van der Waals surface area contributed by atoms with Gasteiger partial charge in [0.25, 0.3) is 5.56 Å². The summed E-state index contributed by atoms with van der Waals surface area (Å²) in [6.07, 6.45) is 2.95. The molecule has 2 aromatic carbocycles. The average Bonchev–Trinajstić information content (AvgIpc) is 3.59. The molecule has 0 aliphatic carbocycles. The number of aryl methyl sites for hydroxylation is 1. The monoisotopic (exact) mass is 521 g/mol. The van der Waals surface area contributed by atoms with Crippen molar-refractivity contribution in [3.63, 3.8) is 0 Å². The highest BCUT2D eigenvalue weighted by Gasteiger charge is 2.29. The number of benzene rings is 2. The fourth-order valence-electron chi connectivity index (χ4n) is 4.59. The molecule has 6 rings (SSSR count). The molecule has 0 fully saturated rings. The molecule has 0 saturated carbocycles. The van der Waals surface area contributed by atoms with Crippen LogP contribution >= 0.6 is 35.8 Å². The minimum atomic E-state index is -0.240. The number of thiol groups is 1. The van der Waals surface area contributed by atoms with Crippen LogP contribution in [0.25, 0.3) is 28.1 Å². The number of nitrogens with one attached hydrogen (secondary N) is 1. The van der Waals surface area contributed by atoms with Crippen molar-refractivity contribution in [3.8, 4) is 28.1 Å². The first-order valence-corrected chi connectivity index (χ1v) is 12.0. The lowest BCUT2D eigenvalue weighted by Crippen LogP contribution is -2.24. The number of H-pyrrole nitrogens is 1. The Labute approximate surface area is 215 Å². The maximum Gasteiger partial charge on any atom is 0.252 e. The van der Waals surface area contributed by atoms with Crippen LogP contribution in [0.4, 0.5) is 0 Å². The van der Waals surface area contributed by atoms with Gasteiger partial charge in [0.1, 0.15) is 23.0 Å². The molecule has 8 nitrogen and oxygen atoms in total. The van der Waals surface area contributed by atoms with Crippen LogP contribution in [-0.4, -0.2) is 34.7 Å². The van der Waals surface area contributed by atoms with E-state index in [1.54, 1.807) is 21.4 Å². The quantitative estimate of drug-likeness (QED) is 0.324. The fraction of sp³-hybridized carbons (Fsp3) is 0.125. The highest BCUT2D eigenvalue weighted by molar-refractivity contribution is 7.80. The van der Waals surface area contributed by atoms with Gasteiger partial charge in [0, 0.05) is 32.8 Å². The second-order valence-electron chi connectivity index (χ2n) is 8.25. The Morgan fingerprint density at radius 2 is 1.94 bits per heavy atom. The van der Waals surface area contributed by atoms with Crippen LogP contribution in [0.2, 0.25) is 10.2 Å². The van der Waals surface area contributed by atoms with Crippen molar-refractivity contribution in [3.05, 3.63) is 93.0 Å². The summed E-state index contributed by atoms with van der Waals surface area (Å²) < 4.78 is 3.32. The zero-order valence-corrected chi connectivity index (χ0v) is 20.5. The third-order valence-electron chi connectivity index (χ3n) is 6.11. The van der Waals surface area contributed by atoms with Crippen molar-refractivity contribution in [1.29, 1.82) is 0 Å². The van der Waals surface area contributed by atoms with Gasteiger partial charge in [-0.2, -0.15) is 4.68 Å². The van der Waals surface area contributed by atoms with Crippen molar-refractivity contribution >= 4 is 35.8 Å². The van der Waals surface area contributed by atoms with E-state index in [0.717, 1.165) is 39.4 Å². The number of hydrogen-bond donors (Lipinski definition) is 2. The molecule has 11 heteroatoms. The molecule has 0 spiro atoms. The zero-order valence-electron chi connectivity index (χ0n) is 18.1. The van der Waals surface area contributed by atoms with E-state index in [2.05, 4.69) is 33.1 Å². The van der Waals surface area contributed by atoms with Crippen LogP contribution in [0.1, 0.15) is 24.0 Å². The van der Waals surface area contributed by atoms with Gasteiger partial charge < -0.3 is 9.55 Å². The van der Waals surface area contributed by atoms with E-state index in [9.17, 15) is 4.79 Å². The standard InChI is InChI=1S/C24H17Cl2N7OS/c25-15-4-6-19(32-12-27-30-31-32)18(11-15)14-8-16-5-7-20(33(16)21(34)10-14)24-28-22(23(26)29-24)13-2-1-3-17(35)9-13/h1-4,6,8-12,20,35H,5,7H2,(H,28,29)/t20-/m0/s1. The molecule has 1 aliphatic heterocycles. The number of imidazole rings is 1. The number of hydrogen-bond acceptors (Lipinski definition) is 6. The molecule has 1 N–H and O–H groups in total. The summed E-state index contributed by atoms with van der Waals surface area (Å²) in [5, 5.41) is 12.4. The number of pyridine rings is 1. The summed E-state index contributed by atoms with van der Waals surface area (Å²) >= 11 is 17.2. The van der Waals surface area contributed by atoms with E-state index in [1.807, 2.05) is 42.5 Å². The van der Waals surface area contributed by atoms with Gasteiger partial charge in [-0.3, -0.25) is 4.79 Å². The van der Waals surface area contributed by atoms with Crippen LogP contribution in [0.3, 0.4) is 0 Å². The summed E-state index contributed by atoms with van der Waals surface area (Å²) in [4.78, 5) is 22.1. The number of tetrazole rings is 1. The molecule has 3 aromatic heterocycles. The van der Waals surface area contributed by atoms with Gasteiger partial charge in [0.2, 0.25) is 0 Å². The molecule has 5 aromatic rings. The van der Waals surface area contributed by atoms with Gasteiger partial charge >= 0.3 is 0 Å².